The molecule has 0 saturated carbocycles. The van der Waals surface area contributed by atoms with Gasteiger partial charge in [0.2, 0.25) is 0 Å². The number of hydrogen-bond donors (Lipinski definition) is 3. The summed E-state index contributed by atoms with van der Waals surface area (Å²) in [7, 11) is 0. The van der Waals surface area contributed by atoms with E-state index in [0.29, 0.717) is 6.54 Å². The minimum atomic E-state index is -0.783. The largest absolute Gasteiger partial charge is 0.481 e. The molecule has 1 aliphatic heterocycles. The second-order valence-electron chi connectivity index (χ2n) is 5.99. The molecule has 0 spiro atoms. The summed E-state index contributed by atoms with van der Waals surface area (Å²) in [6.07, 6.45) is 0.530. The molecule has 0 aromatic heterocycles. The molecule has 1 fully saturated rings. The molecule has 6 nitrogen and oxygen atoms in total. The van der Waals surface area contributed by atoms with Gasteiger partial charge in [0.25, 0.3) is 0 Å². The summed E-state index contributed by atoms with van der Waals surface area (Å²) >= 11 is 0. The van der Waals surface area contributed by atoms with Crippen LogP contribution in [0.4, 0.5) is 4.79 Å². The van der Waals surface area contributed by atoms with Crippen LogP contribution in [0.15, 0.2) is 0 Å². The molecule has 0 aliphatic carbocycles. The molecule has 1 rings (SSSR count). The molecule has 1 amide bonds. The van der Waals surface area contributed by atoms with E-state index in [2.05, 4.69) is 10.6 Å². The Bertz CT molecular complexity index is 325. The fraction of sp³-hybridized carbons (Fsp3) is 0.846. The Morgan fingerprint density at radius 3 is 2.63 bits per heavy atom. The van der Waals surface area contributed by atoms with Crippen LogP contribution in [0.5, 0.6) is 0 Å². The number of alkyl carbamates (subject to hydrolysis) is 1. The molecule has 3 N–H and O–H groups in total. The van der Waals surface area contributed by atoms with Gasteiger partial charge in [0.15, 0.2) is 0 Å². The highest BCUT2D eigenvalue weighted by Crippen LogP contribution is 2.22. The Kier molecular flexibility index (Phi) is 5.60. The van der Waals surface area contributed by atoms with Gasteiger partial charge in [0, 0.05) is 13.0 Å². The number of carbonyl (C=O) groups is 2. The Balaban J connectivity index is 2.40. The Labute approximate surface area is 113 Å². The second kappa shape index (κ2) is 6.75. The highest BCUT2D eigenvalue weighted by Gasteiger charge is 2.27. The number of amides is 1. The van der Waals surface area contributed by atoms with Crippen molar-refractivity contribution in [3.63, 3.8) is 0 Å². The van der Waals surface area contributed by atoms with Gasteiger partial charge in [-0.25, -0.2) is 4.79 Å². The number of rotatable bonds is 4. The molecule has 6 heteroatoms. The minimum Gasteiger partial charge on any atom is -0.481 e. The molecule has 110 valence electrons. The molecule has 0 aromatic carbocycles. The predicted octanol–water partition coefficient (Wildman–Crippen LogP) is 1.21. The van der Waals surface area contributed by atoms with Crippen molar-refractivity contribution in [3.05, 3.63) is 0 Å². The second-order valence-corrected chi connectivity index (χ2v) is 5.99. The fourth-order valence-electron chi connectivity index (χ4n) is 2.24. The first-order valence-electron chi connectivity index (χ1n) is 6.67. The van der Waals surface area contributed by atoms with E-state index in [4.69, 9.17) is 9.84 Å². The van der Waals surface area contributed by atoms with E-state index >= 15 is 0 Å². The molecule has 1 aliphatic rings. The van der Waals surface area contributed by atoms with Gasteiger partial charge in [-0.05, 0) is 52.1 Å². The number of aliphatic carboxylic acids is 1. The van der Waals surface area contributed by atoms with Crippen molar-refractivity contribution >= 4 is 12.1 Å². The van der Waals surface area contributed by atoms with Gasteiger partial charge in [-0.1, -0.05) is 0 Å². The molecule has 0 aromatic rings. The Morgan fingerprint density at radius 2 is 2.05 bits per heavy atom. The van der Waals surface area contributed by atoms with Crippen molar-refractivity contribution in [1.29, 1.82) is 0 Å². The van der Waals surface area contributed by atoms with Crippen LogP contribution in [0, 0.1) is 11.8 Å². The van der Waals surface area contributed by atoms with Crippen molar-refractivity contribution in [2.45, 2.75) is 39.2 Å². The number of carbonyl (C=O) groups excluding carboxylic acids is 1. The lowest BCUT2D eigenvalue weighted by Crippen LogP contribution is -2.44. The summed E-state index contributed by atoms with van der Waals surface area (Å²) < 4.78 is 5.16. The number of ether oxygens (including phenoxy) is 1. The van der Waals surface area contributed by atoms with Gasteiger partial charge >= 0.3 is 12.1 Å². The number of piperidine rings is 1. The average Bonchev–Trinajstić information content (AvgIpc) is 2.24. The Hall–Kier alpha value is -1.30. The van der Waals surface area contributed by atoms with E-state index in [1.54, 1.807) is 0 Å². The quantitative estimate of drug-likeness (QED) is 0.716. The third-order valence-electron chi connectivity index (χ3n) is 3.11. The summed E-state index contributed by atoms with van der Waals surface area (Å²) in [5.74, 6) is -0.541. The SMILES string of the molecule is CC(C)(C)OC(=O)NC[C@@H]1CNCC[C@H]1CC(=O)O. The third kappa shape index (κ3) is 6.42. The van der Waals surface area contributed by atoms with Crippen molar-refractivity contribution in [3.8, 4) is 0 Å². The van der Waals surface area contributed by atoms with E-state index < -0.39 is 17.7 Å². The van der Waals surface area contributed by atoms with Crippen LogP contribution in [0.25, 0.3) is 0 Å². The van der Waals surface area contributed by atoms with E-state index in [1.165, 1.54) is 0 Å². The molecule has 0 radical (unpaired) electrons. The maximum atomic E-state index is 11.6. The zero-order valence-corrected chi connectivity index (χ0v) is 11.9. The van der Waals surface area contributed by atoms with E-state index in [1.807, 2.05) is 20.8 Å². The van der Waals surface area contributed by atoms with E-state index in [0.717, 1.165) is 19.5 Å². The van der Waals surface area contributed by atoms with Gasteiger partial charge in [-0.2, -0.15) is 0 Å². The zero-order valence-electron chi connectivity index (χ0n) is 11.9. The average molecular weight is 272 g/mol. The van der Waals surface area contributed by atoms with Gasteiger partial charge in [-0.15, -0.1) is 0 Å². The van der Waals surface area contributed by atoms with Crippen molar-refractivity contribution in [1.82, 2.24) is 10.6 Å². The van der Waals surface area contributed by atoms with Gasteiger partial charge in [0.1, 0.15) is 5.60 Å². The molecular weight excluding hydrogens is 248 g/mol. The van der Waals surface area contributed by atoms with E-state index in [9.17, 15) is 9.59 Å². The Morgan fingerprint density at radius 1 is 1.37 bits per heavy atom. The summed E-state index contributed by atoms with van der Waals surface area (Å²) in [6.45, 7) is 7.43. The lowest BCUT2D eigenvalue weighted by atomic mass is 9.84. The van der Waals surface area contributed by atoms with Crippen molar-refractivity contribution in [2.75, 3.05) is 19.6 Å². The maximum Gasteiger partial charge on any atom is 0.407 e. The van der Waals surface area contributed by atoms with E-state index in [-0.39, 0.29) is 18.3 Å². The molecule has 1 heterocycles. The lowest BCUT2D eigenvalue weighted by molar-refractivity contribution is -0.138. The molecule has 19 heavy (non-hydrogen) atoms. The topological polar surface area (TPSA) is 87.7 Å². The zero-order chi connectivity index (χ0) is 14.5. The van der Waals surface area contributed by atoms with Gasteiger partial charge < -0.3 is 20.5 Å². The standard InChI is InChI=1S/C13H24N2O4/c1-13(2,3)19-12(18)15-8-10-7-14-5-4-9(10)6-11(16)17/h9-10,14H,4-8H2,1-3H3,(H,15,18)(H,16,17)/t9-,10-/m0/s1. The predicted molar refractivity (Wildman–Crippen MR) is 71.0 cm³/mol. The van der Waals surface area contributed by atoms with Crippen LogP contribution in [-0.2, 0) is 9.53 Å². The summed E-state index contributed by atoms with van der Waals surface area (Å²) in [5.41, 5.74) is -0.518. The van der Waals surface area contributed by atoms with Crippen molar-refractivity contribution < 1.29 is 19.4 Å². The third-order valence-corrected chi connectivity index (χ3v) is 3.11. The molecule has 0 unspecified atom stereocenters. The fourth-order valence-corrected chi connectivity index (χ4v) is 2.24. The van der Waals surface area contributed by atoms with Crippen LogP contribution in [0.1, 0.15) is 33.6 Å². The number of hydrogen-bond acceptors (Lipinski definition) is 4. The highest BCUT2D eigenvalue weighted by molar-refractivity contribution is 5.68. The molecular formula is C13H24N2O4. The first kappa shape index (κ1) is 15.8. The lowest BCUT2D eigenvalue weighted by Gasteiger charge is -2.31. The highest BCUT2D eigenvalue weighted by atomic mass is 16.6. The maximum absolute atomic E-state index is 11.6. The summed E-state index contributed by atoms with van der Waals surface area (Å²) in [5, 5.41) is 14.8. The van der Waals surface area contributed by atoms with Crippen LogP contribution in [-0.4, -0.2) is 42.4 Å². The first-order chi connectivity index (χ1) is 8.78. The smallest absolute Gasteiger partial charge is 0.407 e. The molecule has 2 atom stereocenters. The van der Waals surface area contributed by atoms with Crippen LogP contribution >= 0.6 is 0 Å². The van der Waals surface area contributed by atoms with Crippen LogP contribution in [0.3, 0.4) is 0 Å². The first-order valence-corrected chi connectivity index (χ1v) is 6.67. The summed E-state index contributed by atoms with van der Waals surface area (Å²) in [4.78, 5) is 22.4. The van der Waals surface area contributed by atoms with Crippen LogP contribution in [0.2, 0.25) is 0 Å². The number of carboxylic acids is 1. The van der Waals surface area contributed by atoms with Crippen LogP contribution < -0.4 is 10.6 Å². The molecule has 1 saturated heterocycles. The van der Waals surface area contributed by atoms with Crippen molar-refractivity contribution in [2.24, 2.45) is 11.8 Å². The van der Waals surface area contributed by atoms with Gasteiger partial charge in [-0.3, -0.25) is 4.79 Å². The molecule has 0 bridgehead atoms. The van der Waals surface area contributed by atoms with Gasteiger partial charge in [0.05, 0.1) is 0 Å². The normalized spacial score (nSPS) is 23.7. The number of carboxylic acid groups (broad SMARTS) is 1. The number of nitrogens with one attached hydrogen (secondary N) is 2. The summed E-state index contributed by atoms with van der Waals surface area (Å²) in [6, 6.07) is 0. The monoisotopic (exact) mass is 272 g/mol. The minimum absolute atomic E-state index is 0.105.